The van der Waals surface area contributed by atoms with Gasteiger partial charge in [0.15, 0.2) is 17.5 Å². The van der Waals surface area contributed by atoms with Crippen LogP contribution in [-0.2, 0) is 19.1 Å². The molecule has 0 radical (unpaired) electrons. The van der Waals surface area contributed by atoms with Crippen LogP contribution < -0.4 is 36.8 Å². The Bertz CT molecular complexity index is 3350. The van der Waals surface area contributed by atoms with E-state index in [2.05, 4.69) is 118 Å². The fourth-order valence-corrected chi connectivity index (χ4v) is 13.7. The molecule has 99 heavy (non-hydrogen) atoms. The van der Waals surface area contributed by atoms with Crippen molar-refractivity contribution >= 4 is 89.1 Å². The molecule has 1 aromatic heterocycles. The minimum absolute atomic E-state index is 0.0121. The molecule has 23 nitrogen and oxygen atoms in total. The van der Waals surface area contributed by atoms with Crippen LogP contribution in [0.1, 0.15) is 166 Å². The molecule has 0 unspecified atom stereocenters. The molecular weight excluding hydrogens is 1240 g/mol. The number of rotatable bonds is 17. The van der Waals surface area contributed by atoms with Gasteiger partial charge in [0, 0.05) is 98.2 Å². The van der Waals surface area contributed by atoms with E-state index in [9.17, 15) is 19.2 Å². The number of nitrogens with one attached hydrogen (secondary N) is 6. The van der Waals surface area contributed by atoms with Crippen molar-refractivity contribution in [2.75, 3.05) is 118 Å². The van der Waals surface area contributed by atoms with Gasteiger partial charge in [-0.1, -0.05) is 111 Å². The van der Waals surface area contributed by atoms with Crippen LogP contribution in [0, 0.1) is 22.2 Å². The zero-order valence-corrected chi connectivity index (χ0v) is 62.4. The minimum Gasteiger partial charge on any atom is -0.453 e. The number of allylic oxidation sites excluding steroid dienone is 1. The standard InChI is InChI=1S/C29H43N7O2.C24H34N6O3.C19H29N5.2C2H6/c1-29(2)19-36(24-11-6-7-12-24)26(25(18-30-3)35(5)28(29)38)32-20-31-22-9-8-10-23(17-22)33-27(37)21-13-15-34(4)16-14-21;1-24(2)15-30(19-11-6-7-12-19)21(20(14-25-3)29(4)22(24)31)27-16-26-17-9-8-10-18(13-17)28-23(32)33-5;1-5-6-11-20-18-21-12-16-17(23-18)24(15-9-7-8-10-15)13-19(3,4)14(2)22-16;2*1-2/h8-10,17-18,21,24,31H,3,6-7,11-16,19-20H2,1-2,4-5H3,(H,33,37);8-10,13-14,19,26H,3,6-7,11-12,15-16H2,1-2,4-5H3,(H,28,32);5-6,12,15,22H,2,7-11,13H2,1,3-4H3,(H,20,21,23);2*1-2H3/b25-18+,32-26+;20-14+,27-21+;6-5-;;. The highest BCUT2D eigenvalue weighted by Gasteiger charge is 2.45. The molecule has 7 aliphatic rings. The van der Waals surface area contributed by atoms with Crippen molar-refractivity contribution in [2.45, 2.75) is 184 Å². The molecule has 3 saturated heterocycles. The second-order valence-corrected chi connectivity index (χ2v) is 27.9. The molecular formula is C76H118N18O5. The number of anilines is 7. The topological polar surface area (TPSA) is 244 Å². The van der Waals surface area contributed by atoms with Crippen LogP contribution in [0.25, 0.3) is 0 Å². The summed E-state index contributed by atoms with van der Waals surface area (Å²) in [5.41, 5.74) is 5.25. The number of likely N-dealkylation sites (tertiary alicyclic amines) is 1. The van der Waals surface area contributed by atoms with Gasteiger partial charge >= 0.3 is 6.09 Å². The third kappa shape index (κ3) is 21.7. The van der Waals surface area contributed by atoms with Gasteiger partial charge in [-0.2, -0.15) is 4.98 Å². The van der Waals surface area contributed by atoms with Crippen molar-refractivity contribution in [3.63, 3.8) is 0 Å². The second-order valence-electron chi connectivity index (χ2n) is 27.9. The van der Waals surface area contributed by atoms with Gasteiger partial charge in [-0.3, -0.25) is 29.7 Å². The summed E-state index contributed by atoms with van der Waals surface area (Å²) in [5.74, 6) is 3.41. The number of nitrogens with zero attached hydrogens (tertiary/aromatic N) is 12. The number of amidine groups is 2. The Morgan fingerprint density at radius 3 is 1.52 bits per heavy atom. The highest BCUT2D eigenvalue weighted by atomic mass is 16.5. The number of aliphatic imine (C=N–C) groups is 4. The Morgan fingerprint density at radius 1 is 0.636 bits per heavy atom. The van der Waals surface area contributed by atoms with Gasteiger partial charge in [0.2, 0.25) is 23.7 Å². The van der Waals surface area contributed by atoms with E-state index in [-0.39, 0.29) is 35.7 Å². The van der Waals surface area contributed by atoms with Crippen molar-refractivity contribution in [3.05, 3.63) is 103 Å². The molecule has 0 atom stereocenters. The fraction of sp³-hybridized carbons (Fsp3) is 0.579. The average Bonchev–Trinajstić information content (AvgIpc) is 1.66. The van der Waals surface area contributed by atoms with Crippen LogP contribution in [0.15, 0.2) is 123 Å². The van der Waals surface area contributed by atoms with Crippen LogP contribution in [-0.4, -0.2) is 182 Å². The maximum atomic E-state index is 13.3. The van der Waals surface area contributed by atoms with Crippen LogP contribution in [0.3, 0.4) is 0 Å². The summed E-state index contributed by atoms with van der Waals surface area (Å²) in [4.78, 5) is 90.5. The molecule has 3 saturated carbocycles. The van der Waals surface area contributed by atoms with E-state index in [4.69, 9.17) is 15.0 Å². The molecule has 23 heteroatoms. The molecule has 2 aromatic carbocycles. The normalized spacial score (nSPS) is 21.3. The highest BCUT2D eigenvalue weighted by Crippen LogP contribution is 2.42. The van der Waals surface area contributed by atoms with E-state index in [0.717, 1.165) is 111 Å². The van der Waals surface area contributed by atoms with Gasteiger partial charge in [0.05, 0.1) is 36.5 Å². The number of aromatic nitrogens is 2. The minimum atomic E-state index is -0.559. The van der Waals surface area contributed by atoms with Gasteiger partial charge in [0.25, 0.3) is 0 Å². The van der Waals surface area contributed by atoms with Gasteiger partial charge in [-0.15, -0.1) is 0 Å². The summed E-state index contributed by atoms with van der Waals surface area (Å²) in [5, 5.41) is 19.1. The third-order valence-electron chi connectivity index (χ3n) is 19.2. The lowest BCUT2D eigenvalue weighted by molar-refractivity contribution is -0.137. The quantitative estimate of drug-likeness (QED) is 0.0544. The predicted molar refractivity (Wildman–Crippen MR) is 410 cm³/mol. The van der Waals surface area contributed by atoms with Crippen LogP contribution >= 0.6 is 0 Å². The molecule has 5 heterocycles. The number of piperidine rings is 1. The van der Waals surface area contributed by atoms with E-state index >= 15 is 0 Å². The smallest absolute Gasteiger partial charge is 0.411 e. The zero-order valence-electron chi connectivity index (χ0n) is 62.4. The van der Waals surface area contributed by atoms with Crippen LogP contribution in [0.5, 0.6) is 0 Å². The molecule has 10 rings (SSSR count). The van der Waals surface area contributed by atoms with E-state index in [1.54, 1.807) is 48.4 Å². The van der Waals surface area contributed by atoms with Crippen LogP contribution in [0.2, 0.25) is 0 Å². The van der Waals surface area contributed by atoms with Gasteiger partial charge in [-0.25, -0.2) is 19.8 Å². The Morgan fingerprint density at radius 2 is 1.07 bits per heavy atom. The van der Waals surface area contributed by atoms with Crippen molar-refractivity contribution in [1.82, 2.24) is 34.5 Å². The number of carbonyl (C=O) groups is 4. The summed E-state index contributed by atoms with van der Waals surface area (Å²) in [6.45, 7) is 39.3. The molecule has 4 aliphatic heterocycles. The lowest BCUT2D eigenvalue weighted by Gasteiger charge is -2.35. The van der Waals surface area contributed by atoms with Crippen molar-refractivity contribution in [1.29, 1.82) is 0 Å². The summed E-state index contributed by atoms with van der Waals surface area (Å²) in [7, 11) is 6.98. The van der Waals surface area contributed by atoms with E-state index in [0.29, 0.717) is 60.9 Å². The summed E-state index contributed by atoms with van der Waals surface area (Å²) in [6, 6.07) is 16.3. The Hall–Kier alpha value is -8.60. The Labute approximate surface area is 591 Å². The maximum absolute atomic E-state index is 13.3. The average molecular weight is 1360 g/mol. The number of hydrogen-bond donors (Lipinski definition) is 6. The van der Waals surface area contributed by atoms with Crippen molar-refractivity contribution in [2.24, 2.45) is 42.1 Å². The van der Waals surface area contributed by atoms with Gasteiger partial charge < -0.3 is 60.7 Å². The third-order valence-corrected chi connectivity index (χ3v) is 19.2. The van der Waals surface area contributed by atoms with Crippen LogP contribution in [0.4, 0.5) is 45.0 Å². The molecule has 6 fully saturated rings. The van der Waals surface area contributed by atoms with Crippen molar-refractivity contribution in [3.8, 4) is 0 Å². The fourth-order valence-electron chi connectivity index (χ4n) is 13.7. The molecule has 4 amide bonds. The molecule has 542 valence electrons. The number of carbonyl (C=O) groups excluding carboxylic acids is 4. The predicted octanol–water partition coefficient (Wildman–Crippen LogP) is 14.2. The van der Waals surface area contributed by atoms with Crippen molar-refractivity contribution < 1.29 is 23.9 Å². The number of hydrogen-bond acceptors (Lipinski definition) is 17. The Kier molecular flexibility index (Phi) is 30.6. The first kappa shape index (κ1) is 79.4. The number of methoxy groups -OCH3 is 1. The molecule has 6 N–H and O–H groups in total. The molecule has 3 aliphatic carbocycles. The molecule has 0 spiro atoms. The number of fused-ring (bicyclic) bond motifs is 1. The number of likely N-dealkylation sites (N-methyl/N-ethyl adjacent to an activating group) is 2. The summed E-state index contributed by atoms with van der Waals surface area (Å²) >= 11 is 0. The lowest BCUT2D eigenvalue weighted by Crippen LogP contribution is -2.44. The first-order valence-corrected chi connectivity index (χ1v) is 36.0. The van der Waals surface area contributed by atoms with Gasteiger partial charge in [-0.05, 0) is 156 Å². The first-order chi connectivity index (χ1) is 47.5. The maximum Gasteiger partial charge on any atom is 0.411 e. The SMILES string of the molecule is C=C1Nc2cnc(NC/C=C\C)nc2N(C2CCCC2)CC1(C)C.C=N/C=C1\C(=N/CNc2cccc(NC(=O)C3CCN(C)CC3)c2)N(C2CCCC2)CC(C)(C)C(=O)N1C.C=N/C=C1\C(=N/CNc2cccc(NC(=O)OC)c2)N(C2CCCC2)CC(C)(C)C(=O)N1C.CC.CC. The number of ether oxygens (including phenoxy) is 1. The molecule has 3 aromatic rings. The molecule has 0 bridgehead atoms. The van der Waals surface area contributed by atoms with E-state index in [1.165, 1.54) is 58.5 Å². The van der Waals surface area contributed by atoms with Gasteiger partial charge in [0.1, 0.15) is 30.4 Å². The van der Waals surface area contributed by atoms with E-state index < -0.39 is 16.9 Å². The van der Waals surface area contributed by atoms with E-state index in [1.807, 2.05) is 111 Å². The zero-order chi connectivity index (χ0) is 72.5. The Balaban J connectivity index is 0.000000233. The largest absolute Gasteiger partial charge is 0.453 e. The highest BCUT2D eigenvalue weighted by molar-refractivity contribution is 6.05. The summed E-state index contributed by atoms with van der Waals surface area (Å²) in [6.07, 6.45) is 24.6. The number of benzene rings is 2. The first-order valence-electron chi connectivity index (χ1n) is 36.0. The lowest BCUT2D eigenvalue weighted by atomic mass is 9.89. The number of amides is 4. The second kappa shape index (κ2) is 38.1. The summed E-state index contributed by atoms with van der Waals surface area (Å²) < 4.78 is 4.65. The monoisotopic (exact) mass is 1360 g/mol.